The van der Waals surface area contributed by atoms with Gasteiger partial charge in [0, 0.05) is 29.1 Å². The van der Waals surface area contributed by atoms with Crippen molar-refractivity contribution in [2.24, 2.45) is 10.9 Å². The molecule has 6 nitrogen and oxygen atoms in total. The van der Waals surface area contributed by atoms with Gasteiger partial charge in [0.2, 0.25) is 0 Å². The monoisotopic (exact) mass is 393 g/mol. The van der Waals surface area contributed by atoms with Crippen molar-refractivity contribution in [2.45, 2.75) is 6.92 Å². The molecule has 2 aromatic heterocycles. The fourth-order valence-electron chi connectivity index (χ4n) is 3.77. The van der Waals surface area contributed by atoms with Gasteiger partial charge in [0.15, 0.2) is 11.5 Å². The first-order valence-electron chi connectivity index (χ1n) is 9.56. The first-order valence-corrected chi connectivity index (χ1v) is 9.56. The lowest BCUT2D eigenvalue weighted by Gasteiger charge is -2.10. The van der Waals surface area contributed by atoms with E-state index in [1.165, 1.54) is 5.56 Å². The van der Waals surface area contributed by atoms with Gasteiger partial charge in [-0.25, -0.2) is 9.50 Å². The van der Waals surface area contributed by atoms with Crippen LogP contribution in [0.1, 0.15) is 11.1 Å². The molecule has 0 aliphatic rings. The average Bonchev–Trinajstić information content (AvgIpc) is 3.21. The quantitative estimate of drug-likeness (QED) is 0.203. The molecule has 0 saturated carbocycles. The molecule has 0 aliphatic heterocycles. The highest BCUT2D eigenvalue weighted by Crippen LogP contribution is 2.33. The van der Waals surface area contributed by atoms with Crippen LogP contribution in [-0.4, -0.2) is 25.6 Å². The Bertz CT molecular complexity index is 1420. The largest absolute Gasteiger partial charge is 0.409 e. The van der Waals surface area contributed by atoms with E-state index in [0.717, 1.165) is 38.7 Å². The van der Waals surface area contributed by atoms with Gasteiger partial charge in [-0.2, -0.15) is 5.10 Å². The maximum atomic E-state index is 9.12. The highest BCUT2D eigenvalue weighted by molar-refractivity contribution is 6.12. The first kappa shape index (κ1) is 17.9. The van der Waals surface area contributed by atoms with Crippen molar-refractivity contribution < 1.29 is 5.21 Å². The number of aryl methyl sites for hydroxylation is 1. The summed E-state index contributed by atoms with van der Waals surface area (Å²) in [6.07, 6.45) is 5.69. The molecule has 0 aliphatic carbocycles. The Labute approximate surface area is 172 Å². The van der Waals surface area contributed by atoms with Gasteiger partial charge in [-0.15, -0.1) is 0 Å². The Morgan fingerprint density at radius 1 is 0.900 bits per heavy atom. The van der Waals surface area contributed by atoms with Gasteiger partial charge in [0.1, 0.15) is 0 Å². The maximum Gasteiger partial charge on any atom is 0.170 e. The summed E-state index contributed by atoms with van der Waals surface area (Å²) in [5, 5.41) is 18.7. The SMILES string of the molecule is Cc1ccc(-c2cnc3c(-c4ccc(/C(N)=N\O)c5ccccc45)cnn3c2)cc1. The first-order chi connectivity index (χ1) is 14.7. The summed E-state index contributed by atoms with van der Waals surface area (Å²) in [5.74, 6) is 0.0819. The van der Waals surface area contributed by atoms with Crippen molar-refractivity contribution in [3.05, 3.63) is 90.4 Å². The van der Waals surface area contributed by atoms with E-state index in [-0.39, 0.29) is 5.84 Å². The second kappa shape index (κ2) is 7.00. The van der Waals surface area contributed by atoms with Gasteiger partial charge in [-0.3, -0.25) is 0 Å². The predicted molar refractivity (Wildman–Crippen MR) is 119 cm³/mol. The number of aromatic nitrogens is 3. The molecule has 30 heavy (non-hydrogen) atoms. The lowest BCUT2D eigenvalue weighted by Crippen LogP contribution is -2.13. The number of benzene rings is 3. The van der Waals surface area contributed by atoms with E-state index < -0.39 is 0 Å². The molecule has 3 N–H and O–H groups in total. The van der Waals surface area contributed by atoms with Gasteiger partial charge >= 0.3 is 0 Å². The molecule has 5 rings (SSSR count). The molecule has 0 bridgehead atoms. The lowest BCUT2D eigenvalue weighted by molar-refractivity contribution is 0.318. The molecule has 2 heterocycles. The van der Waals surface area contributed by atoms with Gasteiger partial charge in [0.05, 0.1) is 6.20 Å². The van der Waals surface area contributed by atoms with Gasteiger partial charge in [-0.1, -0.05) is 65.3 Å². The van der Waals surface area contributed by atoms with Gasteiger partial charge < -0.3 is 10.9 Å². The summed E-state index contributed by atoms with van der Waals surface area (Å²) in [6.45, 7) is 2.07. The molecule has 0 atom stereocenters. The lowest BCUT2D eigenvalue weighted by atomic mass is 9.96. The Hall–Kier alpha value is -4.19. The third kappa shape index (κ3) is 2.86. The van der Waals surface area contributed by atoms with Crippen molar-refractivity contribution in [1.29, 1.82) is 0 Å². The van der Waals surface area contributed by atoms with Crippen LogP contribution in [-0.2, 0) is 0 Å². The molecule has 0 unspecified atom stereocenters. The molecule has 146 valence electrons. The van der Waals surface area contributed by atoms with Gasteiger partial charge in [0.25, 0.3) is 0 Å². The van der Waals surface area contributed by atoms with E-state index in [9.17, 15) is 0 Å². The maximum absolute atomic E-state index is 9.12. The summed E-state index contributed by atoms with van der Waals surface area (Å²) in [4.78, 5) is 4.71. The number of nitrogens with zero attached hydrogens (tertiary/aromatic N) is 4. The fraction of sp³-hybridized carbons (Fsp3) is 0.0417. The van der Waals surface area contributed by atoms with Crippen LogP contribution in [0, 0.1) is 6.92 Å². The van der Waals surface area contributed by atoms with Crippen molar-refractivity contribution in [3.8, 4) is 22.3 Å². The average molecular weight is 393 g/mol. The van der Waals surface area contributed by atoms with Crippen LogP contribution in [0.5, 0.6) is 0 Å². The number of oxime groups is 1. The number of rotatable bonds is 3. The summed E-state index contributed by atoms with van der Waals surface area (Å²) in [5.41, 5.74) is 12.6. The normalized spacial score (nSPS) is 12.0. The molecular weight excluding hydrogens is 374 g/mol. The molecule has 0 fully saturated rings. The third-order valence-electron chi connectivity index (χ3n) is 5.34. The van der Waals surface area contributed by atoms with Gasteiger partial charge in [-0.05, 0) is 34.9 Å². The highest BCUT2D eigenvalue weighted by atomic mass is 16.4. The summed E-state index contributed by atoms with van der Waals surface area (Å²) >= 11 is 0. The molecular formula is C24H19N5O. The van der Waals surface area contributed by atoms with Crippen LogP contribution >= 0.6 is 0 Å². The van der Waals surface area contributed by atoms with Crippen LogP contribution < -0.4 is 5.73 Å². The fourth-order valence-corrected chi connectivity index (χ4v) is 3.77. The predicted octanol–water partition coefficient (Wildman–Crippen LogP) is 4.62. The Kier molecular flexibility index (Phi) is 4.17. The minimum Gasteiger partial charge on any atom is -0.409 e. The van der Waals surface area contributed by atoms with Crippen molar-refractivity contribution >= 4 is 22.3 Å². The molecule has 5 aromatic rings. The zero-order chi connectivity index (χ0) is 20.7. The van der Waals surface area contributed by atoms with E-state index in [1.54, 1.807) is 4.52 Å². The summed E-state index contributed by atoms with van der Waals surface area (Å²) in [6, 6.07) is 20.0. The summed E-state index contributed by atoms with van der Waals surface area (Å²) in [7, 11) is 0. The second-order valence-electron chi connectivity index (χ2n) is 7.23. The number of hydrogen-bond acceptors (Lipinski definition) is 4. The second-order valence-corrected chi connectivity index (χ2v) is 7.23. The van der Waals surface area contributed by atoms with E-state index in [2.05, 4.69) is 41.4 Å². The van der Waals surface area contributed by atoms with E-state index >= 15 is 0 Å². The topological polar surface area (TPSA) is 88.8 Å². The molecule has 0 radical (unpaired) electrons. The molecule has 3 aromatic carbocycles. The third-order valence-corrected chi connectivity index (χ3v) is 5.34. The summed E-state index contributed by atoms with van der Waals surface area (Å²) < 4.78 is 1.80. The van der Waals surface area contributed by atoms with Crippen LogP contribution in [0.25, 0.3) is 38.7 Å². The van der Waals surface area contributed by atoms with Crippen molar-refractivity contribution in [2.75, 3.05) is 0 Å². The van der Waals surface area contributed by atoms with Crippen LogP contribution in [0.15, 0.2) is 84.4 Å². The zero-order valence-electron chi connectivity index (χ0n) is 16.3. The number of fused-ring (bicyclic) bond motifs is 2. The van der Waals surface area contributed by atoms with E-state index in [4.69, 9.17) is 15.9 Å². The van der Waals surface area contributed by atoms with Crippen LogP contribution in [0.4, 0.5) is 0 Å². The number of nitrogens with two attached hydrogens (primary N) is 1. The standard InChI is InChI=1S/C24H19N5O/c1-15-6-8-16(9-7-15)17-12-26-24-22(13-27-29(24)14-17)20-10-11-21(23(25)28-30)19-5-3-2-4-18(19)20/h2-14,30H,1H3,(H2,25,28). The number of hydrogen-bond donors (Lipinski definition) is 2. The minimum absolute atomic E-state index is 0.0819. The smallest absolute Gasteiger partial charge is 0.170 e. The number of amidine groups is 1. The van der Waals surface area contributed by atoms with Crippen molar-refractivity contribution in [3.63, 3.8) is 0 Å². The molecule has 0 spiro atoms. The minimum atomic E-state index is 0.0819. The van der Waals surface area contributed by atoms with E-state index in [1.807, 2.05) is 55.0 Å². The van der Waals surface area contributed by atoms with Crippen LogP contribution in [0.2, 0.25) is 0 Å². The van der Waals surface area contributed by atoms with Crippen molar-refractivity contribution in [1.82, 2.24) is 14.6 Å². The highest BCUT2D eigenvalue weighted by Gasteiger charge is 2.15. The van der Waals surface area contributed by atoms with E-state index in [0.29, 0.717) is 5.56 Å². The molecule has 0 saturated heterocycles. The molecule has 0 amide bonds. The Balaban J connectivity index is 1.67. The van der Waals surface area contributed by atoms with Crippen LogP contribution in [0.3, 0.4) is 0 Å². The zero-order valence-corrected chi connectivity index (χ0v) is 16.3. The Morgan fingerprint density at radius 2 is 1.67 bits per heavy atom. The Morgan fingerprint density at radius 3 is 2.43 bits per heavy atom. The molecule has 6 heteroatoms.